The van der Waals surface area contributed by atoms with E-state index in [-0.39, 0.29) is 0 Å². The molecule has 54 valence electrons. The molecule has 0 radical (unpaired) electrons. The van der Waals surface area contributed by atoms with Gasteiger partial charge in [0.1, 0.15) is 0 Å². The standard InChI is InChI=1S/C7H7BrClN/c1-4-5(8)2-3-6(10)7(4)9/h2-3H,10H2,1H3. The van der Waals surface area contributed by atoms with Crippen LogP contribution in [-0.2, 0) is 0 Å². The molecule has 0 spiro atoms. The number of halogens is 2. The van der Waals surface area contributed by atoms with Gasteiger partial charge in [0.2, 0.25) is 0 Å². The predicted octanol–water partition coefficient (Wildman–Crippen LogP) is 2.99. The molecular formula is C7H7BrClN. The number of hydrogen-bond acceptors (Lipinski definition) is 1. The third-order valence-electron chi connectivity index (χ3n) is 1.35. The molecule has 0 bridgehead atoms. The average molecular weight is 220 g/mol. The predicted molar refractivity (Wildman–Crippen MR) is 48.3 cm³/mol. The van der Waals surface area contributed by atoms with Gasteiger partial charge >= 0.3 is 0 Å². The Labute approximate surface area is 73.3 Å². The van der Waals surface area contributed by atoms with Gasteiger partial charge in [-0.05, 0) is 24.6 Å². The van der Waals surface area contributed by atoms with Crippen molar-refractivity contribution in [3.63, 3.8) is 0 Å². The fourth-order valence-electron chi connectivity index (χ4n) is 0.682. The monoisotopic (exact) mass is 219 g/mol. The SMILES string of the molecule is Cc1c(Br)ccc(N)c1Cl. The van der Waals surface area contributed by atoms with Gasteiger partial charge in [-0.2, -0.15) is 0 Å². The lowest BCUT2D eigenvalue weighted by molar-refractivity contribution is 1.43. The molecule has 0 aliphatic rings. The molecule has 0 fully saturated rings. The number of hydrogen-bond donors (Lipinski definition) is 1. The summed E-state index contributed by atoms with van der Waals surface area (Å²) in [6, 6.07) is 3.66. The lowest BCUT2D eigenvalue weighted by atomic mass is 10.2. The van der Waals surface area contributed by atoms with Crippen molar-refractivity contribution in [3.05, 3.63) is 27.2 Å². The van der Waals surface area contributed by atoms with Crippen molar-refractivity contribution < 1.29 is 0 Å². The summed E-state index contributed by atoms with van der Waals surface area (Å²) in [5.41, 5.74) is 7.15. The summed E-state index contributed by atoms with van der Waals surface area (Å²) in [4.78, 5) is 0. The fraction of sp³-hybridized carbons (Fsp3) is 0.143. The summed E-state index contributed by atoms with van der Waals surface area (Å²) in [7, 11) is 0. The van der Waals surface area contributed by atoms with Gasteiger partial charge in [0.25, 0.3) is 0 Å². The Bertz CT molecular complexity index is 233. The highest BCUT2D eigenvalue weighted by molar-refractivity contribution is 9.10. The minimum absolute atomic E-state index is 0.627. The molecule has 0 aliphatic carbocycles. The largest absolute Gasteiger partial charge is 0.398 e. The maximum Gasteiger partial charge on any atom is 0.0675 e. The van der Waals surface area contributed by atoms with Crippen molar-refractivity contribution in [1.29, 1.82) is 0 Å². The van der Waals surface area contributed by atoms with Crippen molar-refractivity contribution in [1.82, 2.24) is 0 Å². The van der Waals surface area contributed by atoms with Gasteiger partial charge in [-0.1, -0.05) is 27.5 Å². The van der Waals surface area contributed by atoms with Crippen LogP contribution < -0.4 is 5.73 Å². The maximum absolute atomic E-state index is 5.83. The van der Waals surface area contributed by atoms with Crippen LogP contribution in [0.5, 0.6) is 0 Å². The van der Waals surface area contributed by atoms with E-state index in [9.17, 15) is 0 Å². The van der Waals surface area contributed by atoms with E-state index in [2.05, 4.69) is 15.9 Å². The summed E-state index contributed by atoms with van der Waals surface area (Å²) in [5, 5.41) is 0.634. The van der Waals surface area contributed by atoms with Gasteiger partial charge in [-0.3, -0.25) is 0 Å². The van der Waals surface area contributed by atoms with Gasteiger partial charge in [0.05, 0.1) is 10.7 Å². The zero-order valence-corrected chi connectivity index (χ0v) is 7.83. The zero-order valence-electron chi connectivity index (χ0n) is 5.49. The van der Waals surface area contributed by atoms with Gasteiger partial charge in [-0.15, -0.1) is 0 Å². The molecule has 0 aliphatic heterocycles. The van der Waals surface area contributed by atoms with Gasteiger partial charge in [0, 0.05) is 4.47 Å². The van der Waals surface area contributed by atoms with Crippen LogP contribution >= 0.6 is 27.5 Å². The molecule has 2 N–H and O–H groups in total. The second-order valence-corrected chi connectivity index (χ2v) is 3.31. The van der Waals surface area contributed by atoms with E-state index in [0.29, 0.717) is 10.7 Å². The number of rotatable bonds is 0. The minimum atomic E-state index is 0.627. The summed E-state index contributed by atoms with van der Waals surface area (Å²) >= 11 is 9.17. The van der Waals surface area contributed by atoms with Crippen LogP contribution in [0.25, 0.3) is 0 Å². The molecule has 1 aromatic carbocycles. The Morgan fingerprint density at radius 3 is 2.60 bits per heavy atom. The first-order chi connectivity index (χ1) is 4.63. The number of nitrogens with two attached hydrogens (primary N) is 1. The highest BCUT2D eigenvalue weighted by Gasteiger charge is 2.01. The molecule has 3 heteroatoms. The van der Waals surface area contributed by atoms with E-state index >= 15 is 0 Å². The minimum Gasteiger partial charge on any atom is -0.398 e. The fourth-order valence-corrected chi connectivity index (χ4v) is 1.29. The Balaban J connectivity index is 3.34. The van der Waals surface area contributed by atoms with Crippen LogP contribution in [0.15, 0.2) is 16.6 Å². The first kappa shape index (κ1) is 7.89. The third kappa shape index (κ3) is 1.27. The molecule has 1 nitrogen and oxygen atoms in total. The number of nitrogen functional groups attached to an aromatic ring is 1. The van der Waals surface area contributed by atoms with Crippen LogP contribution in [0.3, 0.4) is 0 Å². The van der Waals surface area contributed by atoms with E-state index in [0.717, 1.165) is 10.0 Å². The van der Waals surface area contributed by atoms with Gasteiger partial charge < -0.3 is 5.73 Å². The van der Waals surface area contributed by atoms with Crippen LogP contribution in [0.2, 0.25) is 5.02 Å². The van der Waals surface area contributed by atoms with Crippen molar-refractivity contribution in [2.75, 3.05) is 5.73 Å². The summed E-state index contributed by atoms with van der Waals surface area (Å²) in [6.45, 7) is 1.92. The van der Waals surface area contributed by atoms with E-state index in [1.54, 1.807) is 6.07 Å². The number of anilines is 1. The van der Waals surface area contributed by atoms with Gasteiger partial charge in [-0.25, -0.2) is 0 Å². The second kappa shape index (κ2) is 2.81. The Morgan fingerprint density at radius 2 is 2.10 bits per heavy atom. The average Bonchev–Trinajstić information content (AvgIpc) is 1.93. The molecule has 0 atom stereocenters. The highest BCUT2D eigenvalue weighted by Crippen LogP contribution is 2.28. The van der Waals surface area contributed by atoms with Crippen molar-refractivity contribution in [2.45, 2.75) is 6.92 Å². The highest BCUT2D eigenvalue weighted by atomic mass is 79.9. The molecule has 1 aromatic rings. The van der Waals surface area contributed by atoms with Crippen LogP contribution in [0, 0.1) is 6.92 Å². The Kier molecular flexibility index (Phi) is 2.21. The molecule has 0 saturated carbocycles. The van der Waals surface area contributed by atoms with E-state index in [1.807, 2.05) is 13.0 Å². The zero-order chi connectivity index (χ0) is 7.72. The summed E-state index contributed by atoms with van der Waals surface area (Å²) in [5.74, 6) is 0. The molecule has 0 unspecified atom stereocenters. The molecule has 0 aromatic heterocycles. The Hall–Kier alpha value is -0.210. The quantitative estimate of drug-likeness (QED) is 0.668. The summed E-state index contributed by atoms with van der Waals surface area (Å²) < 4.78 is 0.992. The first-order valence-electron chi connectivity index (χ1n) is 2.83. The Morgan fingerprint density at radius 1 is 1.50 bits per heavy atom. The topological polar surface area (TPSA) is 26.0 Å². The maximum atomic E-state index is 5.83. The van der Waals surface area contributed by atoms with E-state index in [4.69, 9.17) is 17.3 Å². The van der Waals surface area contributed by atoms with E-state index < -0.39 is 0 Å². The number of benzene rings is 1. The second-order valence-electron chi connectivity index (χ2n) is 2.08. The van der Waals surface area contributed by atoms with Crippen LogP contribution in [0.4, 0.5) is 5.69 Å². The van der Waals surface area contributed by atoms with Crippen molar-refractivity contribution in [3.8, 4) is 0 Å². The molecular weight excluding hydrogens is 213 g/mol. The van der Waals surface area contributed by atoms with Crippen molar-refractivity contribution >= 4 is 33.2 Å². The summed E-state index contributed by atoms with van der Waals surface area (Å²) in [6.07, 6.45) is 0. The van der Waals surface area contributed by atoms with E-state index in [1.165, 1.54) is 0 Å². The van der Waals surface area contributed by atoms with Crippen molar-refractivity contribution in [2.24, 2.45) is 0 Å². The lowest BCUT2D eigenvalue weighted by Crippen LogP contribution is -1.88. The lowest BCUT2D eigenvalue weighted by Gasteiger charge is -2.02. The normalized spacial score (nSPS) is 9.90. The van der Waals surface area contributed by atoms with Crippen LogP contribution in [-0.4, -0.2) is 0 Å². The smallest absolute Gasteiger partial charge is 0.0675 e. The molecule has 0 saturated heterocycles. The molecule has 1 rings (SSSR count). The molecule has 0 amide bonds. The molecule has 10 heavy (non-hydrogen) atoms. The molecule has 0 heterocycles. The van der Waals surface area contributed by atoms with Crippen LogP contribution in [0.1, 0.15) is 5.56 Å². The first-order valence-corrected chi connectivity index (χ1v) is 4.00. The third-order valence-corrected chi connectivity index (χ3v) is 2.71. The van der Waals surface area contributed by atoms with Gasteiger partial charge in [0.15, 0.2) is 0 Å².